The first-order valence-corrected chi connectivity index (χ1v) is 8.06. The Labute approximate surface area is 141 Å². The number of benzene rings is 2. The van der Waals surface area contributed by atoms with Crippen molar-refractivity contribution in [1.82, 2.24) is 4.90 Å². The SMILES string of the molecule is O=C(CCN1C(=O)CCC1=O)Oc1ccc2ccccc2c1Br. The van der Waals surface area contributed by atoms with Crippen LogP contribution in [-0.4, -0.2) is 29.2 Å². The third-order valence-corrected chi connectivity index (χ3v) is 4.56. The summed E-state index contributed by atoms with van der Waals surface area (Å²) in [5.41, 5.74) is 0. The van der Waals surface area contributed by atoms with E-state index in [4.69, 9.17) is 4.74 Å². The van der Waals surface area contributed by atoms with Crippen LogP contribution in [0.2, 0.25) is 0 Å². The van der Waals surface area contributed by atoms with Gasteiger partial charge >= 0.3 is 5.97 Å². The van der Waals surface area contributed by atoms with Crippen LogP contribution < -0.4 is 4.74 Å². The summed E-state index contributed by atoms with van der Waals surface area (Å²) in [7, 11) is 0. The van der Waals surface area contributed by atoms with Gasteiger partial charge in [-0.05, 0) is 32.8 Å². The summed E-state index contributed by atoms with van der Waals surface area (Å²) >= 11 is 3.45. The molecule has 3 rings (SSSR count). The van der Waals surface area contributed by atoms with Crippen molar-refractivity contribution in [2.75, 3.05) is 6.54 Å². The summed E-state index contributed by atoms with van der Waals surface area (Å²) in [4.78, 5) is 36.1. The number of amides is 2. The van der Waals surface area contributed by atoms with Crippen LogP contribution in [0.5, 0.6) is 5.75 Å². The van der Waals surface area contributed by atoms with Gasteiger partial charge in [-0.3, -0.25) is 19.3 Å². The molecule has 0 atom stereocenters. The third kappa shape index (κ3) is 3.27. The number of hydrogen-bond donors (Lipinski definition) is 0. The number of likely N-dealkylation sites (tertiary alicyclic amines) is 1. The zero-order chi connectivity index (χ0) is 16.4. The Morgan fingerprint density at radius 1 is 1.09 bits per heavy atom. The molecule has 1 heterocycles. The van der Waals surface area contributed by atoms with Crippen molar-refractivity contribution in [3.05, 3.63) is 40.9 Å². The van der Waals surface area contributed by atoms with Gasteiger partial charge in [-0.1, -0.05) is 30.3 Å². The van der Waals surface area contributed by atoms with E-state index in [9.17, 15) is 14.4 Å². The molecule has 118 valence electrons. The largest absolute Gasteiger partial charge is 0.425 e. The summed E-state index contributed by atoms with van der Waals surface area (Å²) in [6.07, 6.45) is 0.435. The number of nitrogens with zero attached hydrogens (tertiary/aromatic N) is 1. The molecule has 0 saturated carbocycles. The normalized spacial score (nSPS) is 14.6. The first kappa shape index (κ1) is 15.7. The molecule has 6 heteroatoms. The van der Waals surface area contributed by atoms with Crippen molar-refractivity contribution in [3.63, 3.8) is 0 Å². The number of imide groups is 1. The second-order valence-electron chi connectivity index (χ2n) is 5.26. The van der Waals surface area contributed by atoms with Gasteiger partial charge in [-0.2, -0.15) is 0 Å². The second kappa shape index (κ2) is 6.50. The molecule has 1 saturated heterocycles. The molecule has 0 unspecified atom stereocenters. The Kier molecular flexibility index (Phi) is 4.43. The second-order valence-corrected chi connectivity index (χ2v) is 6.06. The number of hydrogen-bond acceptors (Lipinski definition) is 4. The quantitative estimate of drug-likeness (QED) is 0.468. The molecule has 1 fully saturated rings. The third-order valence-electron chi connectivity index (χ3n) is 3.75. The van der Waals surface area contributed by atoms with E-state index in [0.29, 0.717) is 10.2 Å². The first-order valence-electron chi connectivity index (χ1n) is 7.27. The monoisotopic (exact) mass is 375 g/mol. The lowest BCUT2D eigenvalue weighted by molar-refractivity contribution is -0.140. The van der Waals surface area contributed by atoms with Crippen molar-refractivity contribution in [2.24, 2.45) is 0 Å². The molecule has 0 spiro atoms. The van der Waals surface area contributed by atoms with Crippen molar-refractivity contribution in [1.29, 1.82) is 0 Å². The zero-order valence-electron chi connectivity index (χ0n) is 12.3. The smallest absolute Gasteiger partial charge is 0.313 e. The van der Waals surface area contributed by atoms with Crippen molar-refractivity contribution < 1.29 is 19.1 Å². The molecule has 2 aromatic carbocycles. The van der Waals surface area contributed by atoms with Gasteiger partial charge in [0, 0.05) is 19.4 Å². The van der Waals surface area contributed by atoms with Crippen LogP contribution in [0.15, 0.2) is 40.9 Å². The highest BCUT2D eigenvalue weighted by molar-refractivity contribution is 9.10. The molecule has 0 radical (unpaired) electrons. The van der Waals surface area contributed by atoms with Gasteiger partial charge in [0.2, 0.25) is 11.8 Å². The number of rotatable bonds is 4. The maximum atomic E-state index is 12.0. The van der Waals surface area contributed by atoms with Gasteiger partial charge < -0.3 is 4.74 Å². The zero-order valence-corrected chi connectivity index (χ0v) is 13.8. The Hall–Kier alpha value is -2.21. The predicted octanol–water partition coefficient (Wildman–Crippen LogP) is 3.05. The van der Waals surface area contributed by atoms with E-state index in [0.717, 1.165) is 15.7 Å². The maximum Gasteiger partial charge on any atom is 0.313 e. The van der Waals surface area contributed by atoms with Crippen LogP contribution in [0.25, 0.3) is 10.8 Å². The molecule has 0 N–H and O–H groups in total. The summed E-state index contributed by atoms with van der Waals surface area (Å²) in [6, 6.07) is 11.3. The minimum absolute atomic E-state index is 0.0171. The number of carbonyl (C=O) groups is 3. The number of carbonyl (C=O) groups excluding carboxylic acids is 3. The highest BCUT2D eigenvalue weighted by Gasteiger charge is 2.29. The van der Waals surface area contributed by atoms with E-state index < -0.39 is 5.97 Å². The van der Waals surface area contributed by atoms with E-state index in [-0.39, 0.29) is 37.6 Å². The number of halogens is 1. The summed E-state index contributed by atoms with van der Waals surface area (Å²) in [5, 5.41) is 1.98. The molecular formula is C17H14BrNO4. The summed E-state index contributed by atoms with van der Waals surface area (Å²) in [5.74, 6) is -0.509. The Balaban J connectivity index is 1.67. The summed E-state index contributed by atoms with van der Waals surface area (Å²) in [6.45, 7) is 0.0711. The average Bonchev–Trinajstić information content (AvgIpc) is 2.87. The molecule has 2 aromatic rings. The molecule has 0 aromatic heterocycles. The highest BCUT2D eigenvalue weighted by atomic mass is 79.9. The van der Waals surface area contributed by atoms with Gasteiger partial charge in [-0.15, -0.1) is 0 Å². The minimum atomic E-state index is -0.478. The highest BCUT2D eigenvalue weighted by Crippen LogP contribution is 2.33. The Morgan fingerprint density at radius 2 is 1.78 bits per heavy atom. The predicted molar refractivity (Wildman–Crippen MR) is 87.9 cm³/mol. The molecule has 2 amide bonds. The average molecular weight is 376 g/mol. The van der Waals surface area contributed by atoms with Crippen LogP contribution in [0, 0.1) is 0 Å². The number of fused-ring (bicyclic) bond motifs is 1. The van der Waals surface area contributed by atoms with Crippen LogP contribution in [-0.2, 0) is 14.4 Å². The fraction of sp³-hybridized carbons (Fsp3) is 0.235. The molecular weight excluding hydrogens is 362 g/mol. The Morgan fingerprint density at radius 3 is 2.52 bits per heavy atom. The van der Waals surface area contributed by atoms with Gasteiger partial charge in [0.25, 0.3) is 0 Å². The van der Waals surface area contributed by atoms with Crippen molar-refractivity contribution >= 4 is 44.5 Å². The number of ether oxygens (including phenoxy) is 1. The van der Waals surface area contributed by atoms with Gasteiger partial charge in [0.15, 0.2) is 0 Å². The van der Waals surface area contributed by atoms with Crippen LogP contribution in [0.4, 0.5) is 0 Å². The lowest BCUT2D eigenvalue weighted by Crippen LogP contribution is -2.31. The molecule has 0 aliphatic carbocycles. The Bertz CT molecular complexity index is 786. The standard InChI is InChI=1S/C17H14BrNO4/c18-17-12-4-2-1-3-11(12)5-6-13(17)23-16(22)9-10-19-14(20)7-8-15(19)21/h1-6H,7-10H2. The van der Waals surface area contributed by atoms with Crippen LogP contribution in [0.1, 0.15) is 19.3 Å². The fourth-order valence-electron chi connectivity index (χ4n) is 2.54. The van der Waals surface area contributed by atoms with E-state index in [1.807, 2.05) is 30.3 Å². The molecule has 1 aliphatic heterocycles. The van der Waals surface area contributed by atoms with Crippen LogP contribution >= 0.6 is 15.9 Å². The van der Waals surface area contributed by atoms with E-state index in [1.165, 1.54) is 0 Å². The molecule has 0 bridgehead atoms. The molecule has 5 nitrogen and oxygen atoms in total. The van der Waals surface area contributed by atoms with Gasteiger partial charge in [-0.25, -0.2) is 0 Å². The maximum absolute atomic E-state index is 12.0. The fourth-order valence-corrected chi connectivity index (χ4v) is 3.12. The number of esters is 1. The molecule has 1 aliphatic rings. The molecule has 23 heavy (non-hydrogen) atoms. The van der Waals surface area contributed by atoms with Gasteiger partial charge in [0.05, 0.1) is 10.9 Å². The topological polar surface area (TPSA) is 63.7 Å². The first-order chi connectivity index (χ1) is 11.1. The minimum Gasteiger partial charge on any atom is -0.425 e. The van der Waals surface area contributed by atoms with Crippen molar-refractivity contribution in [3.8, 4) is 5.75 Å². The summed E-state index contributed by atoms with van der Waals surface area (Å²) < 4.78 is 6.05. The lowest BCUT2D eigenvalue weighted by atomic mass is 10.1. The van der Waals surface area contributed by atoms with E-state index in [1.54, 1.807) is 6.07 Å². The van der Waals surface area contributed by atoms with Crippen molar-refractivity contribution in [2.45, 2.75) is 19.3 Å². The van der Waals surface area contributed by atoms with Gasteiger partial charge in [0.1, 0.15) is 5.75 Å². The van der Waals surface area contributed by atoms with Crippen LogP contribution in [0.3, 0.4) is 0 Å². The van der Waals surface area contributed by atoms with E-state index in [2.05, 4.69) is 15.9 Å². The lowest BCUT2D eigenvalue weighted by Gasteiger charge is -2.13. The van der Waals surface area contributed by atoms with E-state index >= 15 is 0 Å².